The van der Waals surface area contributed by atoms with Gasteiger partial charge in [0.2, 0.25) is 0 Å². The van der Waals surface area contributed by atoms with Crippen LogP contribution >= 0.6 is 0 Å². The summed E-state index contributed by atoms with van der Waals surface area (Å²) in [6.07, 6.45) is 0.735. The van der Waals surface area contributed by atoms with E-state index in [0.29, 0.717) is 11.5 Å². The van der Waals surface area contributed by atoms with Gasteiger partial charge in [0, 0.05) is 44.0 Å². The largest absolute Gasteiger partial charge is 0.368 e. The lowest BCUT2D eigenvalue weighted by atomic mass is 10.1. The molecule has 1 aliphatic rings. The molecule has 0 N–H and O–H groups in total. The molecule has 0 radical (unpaired) electrons. The summed E-state index contributed by atoms with van der Waals surface area (Å²) < 4.78 is 13.1. The zero-order chi connectivity index (χ0) is 13.8. The monoisotopic (exact) mass is 264 g/mol. The number of anilines is 1. The first-order valence-electron chi connectivity index (χ1n) is 6.82. The van der Waals surface area contributed by atoms with E-state index in [1.165, 1.54) is 12.1 Å². The highest BCUT2D eigenvalue weighted by molar-refractivity contribution is 5.84. The summed E-state index contributed by atoms with van der Waals surface area (Å²) >= 11 is 0. The maximum Gasteiger partial charge on any atom is 0.152 e. The molecule has 0 amide bonds. The minimum atomic E-state index is -0.357. The predicted molar refractivity (Wildman–Crippen MR) is 75.3 cm³/mol. The van der Waals surface area contributed by atoms with Gasteiger partial charge in [-0.2, -0.15) is 0 Å². The van der Waals surface area contributed by atoms with E-state index in [4.69, 9.17) is 0 Å². The molecule has 4 heteroatoms. The fraction of sp³-hybridized carbons (Fsp3) is 0.533. The second-order valence-electron chi connectivity index (χ2n) is 5.50. The summed E-state index contributed by atoms with van der Waals surface area (Å²) in [5, 5.41) is 0. The molecule has 104 valence electrons. The van der Waals surface area contributed by atoms with E-state index >= 15 is 0 Å². The second-order valence-corrected chi connectivity index (χ2v) is 5.50. The molecule has 2 rings (SSSR count). The molecule has 0 spiro atoms. The van der Waals surface area contributed by atoms with Crippen LogP contribution in [0.1, 0.15) is 24.2 Å². The van der Waals surface area contributed by atoms with E-state index in [0.717, 1.165) is 44.7 Å². The summed E-state index contributed by atoms with van der Waals surface area (Å²) in [5.74, 6) is 0.312. The van der Waals surface area contributed by atoms with Crippen LogP contribution in [-0.2, 0) is 0 Å². The van der Waals surface area contributed by atoms with Crippen molar-refractivity contribution in [2.24, 2.45) is 5.92 Å². The summed E-state index contributed by atoms with van der Waals surface area (Å²) in [7, 11) is 0. The second kappa shape index (κ2) is 6.15. The van der Waals surface area contributed by atoms with E-state index in [9.17, 15) is 9.18 Å². The van der Waals surface area contributed by atoms with E-state index in [1.54, 1.807) is 6.07 Å². The Bertz CT molecular complexity index is 440. The van der Waals surface area contributed by atoms with Crippen LogP contribution in [-0.4, -0.2) is 43.9 Å². The first kappa shape index (κ1) is 14.0. The lowest BCUT2D eigenvalue weighted by Gasteiger charge is -2.37. The number of carbonyl (C=O) groups is 1. The van der Waals surface area contributed by atoms with Gasteiger partial charge in [0.1, 0.15) is 5.82 Å². The zero-order valence-corrected chi connectivity index (χ0v) is 11.6. The van der Waals surface area contributed by atoms with Crippen molar-refractivity contribution < 1.29 is 9.18 Å². The molecule has 0 aliphatic carbocycles. The lowest BCUT2D eigenvalue weighted by Crippen LogP contribution is -2.47. The number of hydrogen-bond acceptors (Lipinski definition) is 3. The van der Waals surface area contributed by atoms with Gasteiger partial charge >= 0.3 is 0 Å². The third kappa shape index (κ3) is 3.53. The molecular formula is C15H21FN2O. The van der Waals surface area contributed by atoms with Gasteiger partial charge in [0.15, 0.2) is 6.29 Å². The van der Waals surface area contributed by atoms with Crippen molar-refractivity contribution >= 4 is 12.0 Å². The average molecular weight is 264 g/mol. The quantitative estimate of drug-likeness (QED) is 0.780. The number of halogens is 1. The van der Waals surface area contributed by atoms with Crippen LogP contribution in [0, 0.1) is 11.7 Å². The van der Waals surface area contributed by atoms with Crippen LogP contribution in [0.3, 0.4) is 0 Å². The van der Waals surface area contributed by atoms with Crippen LogP contribution in [0.15, 0.2) is 18.2 Å². The third-order valence-electron chi connectivity index (χ3n) is 3.45. The van der Waals surface area contributed by atoms with Crippen molar-refractivity contribution in [3.05, 3.63) is 29.6 Å². The molecule has 1 aliphatic heterocycles. The number of piperazine rings is 1. The van der Waals surface area contributed by atoms with Gasteiger partial charge in [-0.05, 0) is 24.1 Å². The Kier molecular flexibility index (Phi) is 4.53. The Labute approximate surface area is 114 Å². The number of hydrogen-bond donors (Lipinski definition) is 0. The first-order valence-corrected chi connectivity index (χ1v) is 6.82. The highest BCUT2D eigenvalue weighted by Gasteiger charge is 2.19. The Hall–Kier alpha value is -1.42. The van der Waals surface area contributed by atoms with Gasteiger partial charge in [-0.1, -0.05) is 13.8 Å². The van der Waals surface area contributed by atoms with Crippen LogP contribution in [0.4, 0.5) is 10.1 Å². The number of benzene rings is 1. The van der Waals surface area contributed by atoms with Crippen molar-refractivity contribution in [3.8, 4) is 0 Å². The maximum absolute atomic E-state index is 13.1. The summed E-state index contributed by atoms with van der Waals surface area (Å²) in [4.78, 5) is 15.6. The van der Waals surface area contributed by atoms with Crippen molar-refractivity contribution in [1.82, 2.24) is 4.90 Å². The molecule has 0 bridgehead atoms. The molecule has 1 saturated heterocycles. The molecule has 1 fully saturated rings. The van der Waals surface area contributed by atoms with Crippen molar-refractivity contribution in [3.63, 3.8) is 0 Å². The summed E-state index contributed by atoms with van der Waals surface area (Å²) in [6.45, 7) is 9.31. The van der Waals surface area contributed by atoms with Gasteiger partial charge in [0.05, 0.1) is 0 Å². The molecule has 0 aromatic heterocycles. The fourth-order valence-electron chi connectivity index (χ4n) is 2.60. The van der Waals surface area contributed by atoms with Crippen molar-refractivity contribution in [2.75, 3.05) is 37.6 Å². The van der Waals surface area contributed by atoms with Crippen molar-refractivity contribution in [1.29, 1.82) is 0 Å². The number of rotatable bonds is 4. The Morgan fingerprint density at radius 3 is 2.53 bits per heavy atom. The van der Waals surface area contributed by atoms with Crippen LogP contribution in [0.5, 0.6) is 0 Å². The van der Waals surface area contributed by atoms with E-state index in [-0.39, 0.29) is 5.82 Å². The van der Waals surface area contributed by atoms with Crippen molar-refractivity contribution in [2.45, 2.75) is 13.8 Å². The van der Waals surface area contributed by atoms with Gasteiger partial charge in [0.25, 0.3) is 0 Å². The van der Waals surface area contributed by atoms with Crippen LogP contribution in [0.25, 0.3) is 0 Å². The average Bonchev–Trinajstić information content (AvgIpc) is 2.39. The summed E-state index contributed by atoms with van der Waals surface area (Å²) in [6, 6.07) is 4.43. The number of nitrogens with zero attached hydrogens (tertiary/aromatic N) is 2. The van der Waals surface area contributed by atoms with Gasteiger partial charge in [-0.3, -0.25) is 9.69 Å². The Morgan fingerprint density at radius 2 is 1.95 bits per heavy atom. The summed E-state index contributed by atoms with van der Waals surface area (Å²) in [5.41, 5.74) is 1.29. The van der Waals surface area contributed by atoms with Crippen LogP contribution in [0.2, 0.25) is 0 Å². The standard InChI is InChI=1S/C15H21FN2O/c1-12(2)10-17-5-7-18(8-6-17)15-4-3-14(16)9-13(15)11-19/h3-4,9,11-12H,5-8,10H2,1-2H3. The topological polar surface area (TPSA) is 23.6 Å². The third-order valence-corrected chi connectivity index (χ3v) is 3.45. The Balaban J connectivity index is 2.03. The number of aldehydes is 1. The lowest BCUT2D eigenvalue weighted by molar-refractivity contribution is 0.112. The number of carbonyl (C=O) groups excluding carboxylic acids is 1. The highest BCUT2D eigenvalue weighted by atomic mass is 19.1. The first-order chi connectivity index (χ1) is 9.10. The predicted octanol–water partition coefficient (Wildman–Crippen LogP) is 2.42. The molecule has 1 heterocycles. The molecule has 0 atom stereocenters. The molecule has 19 heavy (non-hydrogen) atoms. The highest BCUT2D eigenvalue weighted by Crippen LogP contribution is 2.22. The Morgan fingerprint density at radius 1 is 1.26 bits per heavy atom. The molecule has 1 aromatic carbocycles. The molecule has 1 aromatic rings. The molecule has 0 unspecified atom stereocenters. The van der Waals surface area contributed by atoms with E-state index < -0.39 is 0 Å². The van der Waals surface area contributed by atoms with Gasteiger partial charge < -0.3 is 4.90 Å². The zero-order valence-electron chi connectivity index (χ0n) is 11.6. The minimum Gasteiger partial charge on any atom is -0.368 e. The van der Waals surface area contributed by atoms with Crippen LogP contribution < -0.4 is 4.90 Å². The fourth-order valence-corrected chi connectivity index (χ4v) is 2.60. The SMILES string of the molecule is CC(C)CN1CCN(c2ccc(F)cc2C=O)CC1. The normalized spacial score (nSPS) is 16.9. The van der Waals surface area contributed by atoms with E-state index in [1.807, 2.05) is 0 Å². The maximum atomic E-state index is 13.1. The molecule has 3 nitrogen and oxygen atoms in total. The minimum absolute atomic E-state index is 0.357. The molecule has 0 saturated carbocycles. The molecular weight excluding hydrogens is 243 g/mol. The van der Waals surface area contributed by atoms with Gasteiger partial charge in [-0.15, -0.1) is 0 Å². The van der Waals surface area contributed by atoms with Gasteiger partial charge in [-0.25, -0.2) is 4.39 Å². The van der Waals surface area contributed by atoms with E-state index in [2.05, 4.69) is 23.6 Å². The smallest absolute Gasteiger partial charge is 0.152 e.